The van der Waals surface area contributed by atoms with E-state index in [1.165, 1.54) is 25.9 Å². The number of nitrogen functional groups attached to an aromatic ring is 1. The number of hydrogen-bond acceptors (Lipinski definition) is 5. The Labute approximate surface area is 133 Å². The standard InChI is InChI=1S/C17H19N5O/c18-16-15(23-13-9-22-6-3-10(13)4-7-22)14-11-2-1-5-19-17(11)21-12(14)8-20-16/h1-2,5,8,10,13H,3-4,6-7,9H2,(H2,18,20)(H,19,21). The summed E-state index contributed by atoms with van der Waals surface area (Å²) in [4.78, 5) is 14.5. The number of nitrogens with one attached hydrogen (secondary N) is 1. The van der Waals surface area contributed by atoms with Crippen LogP contribution >= 0.6 is 0 Å². The van der Waals surface area contributed by atoms with Gasteiger partial charge in [0.1, 0.15) is 11.8 Å². The van der Waals surface area contributed by atoms with E-state index >= 15 is 0 Å². The minimum atomic E-state index is 0.203. The van der Waals surface area contributed by atoms with Gasteiger partial charge in [-0.05, 0) is 44.0 Å². The number of nitrogens with two attached hydrogens (primary N) is 1. The largest absolute Gasteiger partial charge is 0.484 e. The zero-order chi connectivity index (χ0) is 15.4. The fourth-order valence-corrected chi connectivity index (χ4v) is 4.02. The number of aromatic nitrogens is 3. The molecule has 0 amide bonds. The summed E-state index contributed by atoms with van der Waals surface area (Å²) in [6, 6.07) is 3.98. The minimum Gasteiger partial charge on any atom is -0.484 e. The maximum Gasteiger partial charge on any atom is 0.171 e. The van der Waals surface area contributed by atoms with E-state index in [4.69, 9.17) is 10.5 Å². The van der Waals surface area contributed by atoms with Crippen molar-refractivity contribution in [3.8, 4) is 5.75 Å². The van der Waals surface area contributed by atoms with Crippen LogP contribution in [0.1, 0.15) is 12.8 Å². The molecule has 2 bridgehead atoms. The molecule has 3 saturated heterocycles. The molecule has 1 unspecified atom stereocenters. The highest BCUT2D eigenvalue weighted by Gasteiger charge is 2.36. The Kier molecular flexibility index (Phi) is 2.76. The van der Waals surface area contributed by atoms with Crippen molar-refractivity contribution in [1.82, 2.24) is 19.9 Å². The van der Waals surface area contributed by atoms with Gasteiger partial charge in [-0.2, -0.15) is 0 Å². The maximum absolute atomic E-state index is 6.42. The number of fused-ring (bicyclic) bond motifs is 6. The summed E-state index contributed by atoms with van der Waals surface area (Å²) in [5.41, 5.74) is 7.93. The van der Waals surface area contributed by atoms with Crippen molar-refractivity contribution in [2.75, 3.05) is 25.4 Å². The van der Waals surface area contributed by atoms with E-state index in [1.54, 1.807) is 12.4 Å². The molecule has 6 nitrogen and oxygen atoms in total. The lowest BCUT2D eigenvalue weighted by Crippen LogP contribution is -2.52. The molecule has 3 aromatic rings. The van der Waals surface area contributed by atoms with Gasteiger partial charge in [0.2, 0.25) is 0 Å². The van der Waals surface area contributed by atoms with Crippen molar-refractivity contribution >= 4 is 27.8 Å². The Morgan fingerprint density at radius 3 is 2.91 bits per heavy atom. The second-order valence-corrected chi connectivity index (χ2v) is 6.58. The number of ether oxygens (including phenoxy) is 1. The van der Waals surface area contributed by atoms with Crippen molar-refractivity contribution in [2.24, 2.45) is 5.92 Å². The van der Waals surface area contributed by atoms with Crippen LogP contribution in [0.25, 0.3) is 21.9 Å². The van der Waals surface area contributed by atoms with Gasteiger partial charge in [0, 0.05) is 18.1 Å². The summed E-state index contributed by atoms with van der Waals surface area (Å²) in [7, 11) is 0. The number of aromatic amines is 1. The fourth-order valence-electron chi connectivity index (χ4n) is 4.02. The average molecular weight is 309 g/mol. The van der Waals surface area contributed by atoms with Crippen LogP contribution in [-0.4, -0.2) is 45.6 Å². The summed E-state index contributed by atoms with van der Waals surface area (Å²) >= 11 is 0. The first-order valence-corrected chi connectivity index (χ1v) is 8.19. The summed E-state index contributed by atoms with van der Waals surface area (Å²) in [6.45, 7) is 3.38. The van der Waals surface area contributed by atoms with Gasteiger partial charge < -0.3 is 15.5 Å². The first-order valence-electron chi connectivity index (χ1n) is 8.19. The molecule has 0 aromatic carbocycles. The molecular weight excluding hydrogens is 290 g/mol. The third kappa shape index (κ3) is 1.98. The van der Waals surface area contributed by atoms with Crippen LogP contribution in [0.4, 0.5) is 5.82 Å². The third-order valence-electron chi connectivity index (χ3n) is 5.26. The summed E-state index contributed by atoms with van der Waals surface area (Å²) in [5.74, 6) is 1.79. The molecule has 3 aliphatic rings. The van der Waals surface area contributed by atoms with E-state index < -0.39 is 0 Å². The molecule has 0 spiro atoms. The molecule has 0 aliphatic carbocycles. The SMILES string of the molecule is Nc1ncc2[nH]c3ncccc3c2c1OC1CN2CCC1CC2. The van der Waals surface area contributed by atoms with Gasteiger partial charge in [0.25, 0.3) is 0 Å². The quantitative estimate of drug-likeness (QED) is 0.758. The molecule has 0 saturated carbocycles. The van der Waals surface area contributed by atoms with Gasteiger partial charge in [-0.3, -0.25) is 4.90 Å². The van der Waals surface area contributed by atoms with Gasteiger partial charge in [-0.15, -0.1) is 0 Å². The molecule has 6 heterocycles. The number of nitrogens with zero attached hydrogens (tertiary/aromatic N) is 3. The van der Waals surface area contributed by atoms with Gasteiger partial charge in [0.15, 0.2) is 11.6 Å². The van der Waals surface area contributed by atoms with Gasteiger partial charge in [-0.25, -0.2) is 9.97 Å². The number of anilines is 1. The second kappa shape index (κ2) is 4.83. The van der Waals surface area contributed by atoms with Crippen LogP contribution in [0, 0.1) is 5.92 Å². The summed E-state index contributed by atoms with van der Waals surface area (Å²) < 4.78 is 6.42. The van der Waals surface area contributed by atoms with Crippen molar-refractivity contribution < 1.29 is 4.74 Å². The highest BCUT2D eigenvalue weighted by atomic mass is 16.5. The van der Waals surface area contributed by atoms with Crippen LogP contribution in [0.5, 0.6) is 5.75 Å². The maximum atomic E-state index is 6.42. The van der Waals surface area contributed by atoms with Crippen molar-refractivity contribution in [1.29, 1.82) is 0 Å². The second-order valence-electron chi connectivity index (χ2n) is 6.58. The smallest absolute Gasteiger partial charge is 0.171 e. The number of rotatable bonds is 2. The molecule has 118 valence electrons. The van der Waals surface area contributed by atoms with Gasteiger partial charge >= 0.3 is 0 Å². The number of H-pyrrole nitrogens is 1. The number of piperidine rings is 3. The average Bonchev–Trinajstić information content (AvgIpc) is 2.97. The van der Waals surface area contributed by atoms with E-state index in [9.17, 15) is 0 Å². The predicted molar refractivity (Wildman–Crippen MR) is 89.4 cm³/mol. The monoisotopic (exact) mass is 309 g/mol. The van der Waals surface area contributed by atoms with Crippen molar-refractivity contribution in [3.63, 3.8) is 0 Å². The molecule has 1 atom stereocenters. The van der Waals surface area contributed by atoms with Gasteiger partial charge in [0.05, 0.1) is 17.1 Å². The molecule has 3 N–H and O–H groups in total. The Hall–Kier alpha value is -2.34. The molecule has 0 radical (unpaired) electrons. The first-order chi connectivity index (χ1) is 11.3. The molecule has 3 aromatic heterocycles. The number of hydrogen-bond donors (Lipinski definition) is 2. The predicted octanol–water partition coefficient (Wildman–Crippen LogP) is 2.17. The molecule has 6 heteroatoms. The Morgan fingerprint density at radius 2 is 2.13 bits per heavy atom. The van der Waals surface area contributed by atoms with E-state index in [0.29, 0.717) is 17.5 Å². The molecule has 6 rings (SSSR count). The van der Waals surface area contributed by atoms with E-state index in [2.05, 4.69) is 19.9 Å². The highest BCUT2D eigenvalue weighted by molar-refractivity contribution is 6.10. The van der Waals surface area contributed by atoms with Crippen LogP contribution in [0.15, 0.2) is 24.5 Å². The lowest BCUT2D eigenvalue weighted by atomic mass is 9.86. The zero-order valence-electron chi connectivity index (χ0n) is 12.8. The Balaban J connectivity index is 1.64. The lowest BCUT2D eigenvalue weighted by molar-refractivity contribution is -0.00674. The van der Waals surface area contributed by atoms with Crippen LogP contribution < -0.4 is 10.5 Å². The highest BCUT2D eigenvalue weighted by Crippen LogP contribution is 2.38. The van der Waals surface area contributed by atoms with E-state index in [-0.39, 0.29) is 6.10 Å². The molecule has 3 fully saturated rings. The topological polar surface area (TPSA) is 80.1 Å². The minimum absolute atomic E-state index is 0.203. The molecule has 3 aliphatic heterocycles. The summed E-state index contributed by atoms with van der Waals surface area (Å²) in [5, 5.41) is 2.03. The van der Waals surface area contributed by atoms with Crippen LogP contribution in [-0.2, 0) is 0 Å². The number of pyridine rings is 2. The Bertz CT molecular complexity index is 881. The Morgan fingerprint density at radius 1 is 1.26 bits per heavy atom. The molecule has 23 heavy (non-hydrogen) atoms. The zero-order valence-corrected chi connectivity index (χ0v) is 12.8. The van der Waals surface area contributed by atoms with Crippen molar-refractivity contribution in [2.45, 2.75) is 18.9 Å². The normalized spacial score (nSPS) is 26.9. The molecular formula is C17H19N5O. The van der Waals surface area contributed by atoms with Crippen LogP contribution in [0.3, 0.4) is 0 Å². The van der Waals surface area contributed by atoms with E-state index in [1.807, 2.05) is 12.1 Å². The van der Waals surface area contributed by atoms with E-state index in [0.717, 1.165) is 28.5 Å². The lowest BCUT2D eigenvalue weighted by Gasteiger charge is -2.44. The third-order valence-corrected chi connectivity index (χ3v) is 5.26. The fraction of sp³-hybridized carbons (Fsp3) is 0.412. The van der Waals surface area contributed by atoms with Gasteiger partial charge in [-0.1, -0.05) is 0 Å². The first kappa shape index (κ1) is 13.1. The summed E-state index contributed by atoms with van der Waals surface area (Å²) in [6.07, 6.45) is 6.17. The van der Waals surface area contributed by atoms with Crippen molar-refractivity contribution in [3.05, 3.63) is 24.5 Å². The van der Waals surface area contributed by atoms with Crippen LogP contribution in [0.2, 0.25) is 0 Å².